The molecule has 1 aliphatic rings. The van der Waals surface area contributed by atoms with Crippen molar-refractivity contribution in [2.24, 2.45) is 4.99 Å². The molecule has 1 fully saturated rings. The van der Waals surface area contributed by atoms with Crippen LogP contribution in [0.15, 0.2) is 27.4 Å². The Morgan fingerprint density at radius 2 is 2.29 bits per heavy atom. The predicted molar refractivity (Wildman–Crippen MR) is 89.0 cm³/mol. The number of hydrogen-bond donors (Lipinski definition) is 0. The van der Waals surface area contributed by atoms with Crippen LogP contribution in [0.25, 0.3) is 6.08 Å². The predicted octanol–water partition coefficient (Wildman–Crippen LogP) is 3.53. The number of aliphatic imine (C=N–C) groups is 1. The average molecular weight is 336 g/mol. The highest BCUT2D eigenvalue weighted by Gasteiger charge is 2.32. The van der Waals surface area contributed by atoms with Gasteiger partial charge in [0, 0.05) is 11.4 Å². The molecule has 0 bridgehead atoms. The Bertz CT molecular complexity index is 718. The highest BCUT2D eigenvalue weighted by Crippen LogP contribution is 2.34. The van der Waals surface area contributed by atoms with Crippen LogP contribution in [-0.2, 0) is 4.79 Å². The van der Waals surface area contributed by atoms with Crippen molar-refractivity contribution in [2.45, 2.75) is 13.8 Å². The Balaban J connectivity index is 1.92. The molecule has 2 aromatic rings. The molecule has 3 heterocycles. The standard InChI is InChI=1S/C13H12N4OS3/c1-3-17-11(18)10(7-9-5-4-6-19-9)21-13(17)14-12-16-15-8(2)20-12/h4-7H,3H2,1-2H3/b10-7+,14-13+. The summed E-state index contributed by atoms with van der Waals surface area (Å²) < 4.78 is 0. The number of aromatic nitrogens is 2. The van der Waals surface area contributed by atoms with Gasteiger partial charge in [-0.05, 0) is 43.1 Å². The number of carbonyl (C=O) groups is 1. The fourth-order valence-electron chi connectivity index (χ4n) is 1.79. The lowest BCUT2D eigenvalue weighted by Crippen LogP contribution is -2.28. The van der Waals surface area contributed by atoms with E-state index in [1.54, 1.807) is 16.2 Å². The number of thioether (sulfide) groups is 1. The third-order valence-corrected chi connectivity index (χ3v) is 5.29. The quantitative estimate of drug-likeness (QED) is 0.805. The van der Waals surface area contributed by atoms with Crippen molar-refractivity contribution in [3.8, 4) is 0 Å². The maximum Gasteiger partial charge on any atom is 0.266 e. The Morgan fingerprint density at radius 3 is 2.90 bits per heavy atom. The van der Waals surface area contributed by atoms with Crippen molar-refractivity contribution in [3.05, 3.63) is 32.3 Å². The summed E-state index contributed by atoms with van der Waals surface area (Å²) in [5.74, 6) is -0.00381. The minimum absolute atomic E-state index is 0.00381. The van der Waals surface area contributed by atoms with Gasteiger partial charge in [0.1, 0.15) is 5.01 Å². The number of amides is 1. The van der Waals surface area contributed by atoms with Gasteiger partial charge in [-0.25, -0.2) is 0 Å². The molecule has 108 valence electrons. The van der Waals surface area contributed by atoms with E-state index in [4.69, 9.17) is 0 Å². The van der Waals surface area contributed by atoms with Crippen molar-refractivity contribution in [2.75, 3.05) is 6.54 Å². The molecule has 1 saturated heterocycles. The number of nitrogens with zero attached hydrogens (tertiary/aromatic N) is 4. The third kappa shape index (κ3) is 3.07. The van der Waals surface area contributed by atoms with Crippen LogP contribution in [0.2, 0.25) is 0 Å². The molecular weight excluding hydrogens is 324 g/mol. The zero-order chi connectivity index (χ0) is 14.8. The number of thiophene rings is 1. The molecule has 0 atom stereocenters. The average Bonchev–Trinajstić information content (AvgIpc) is 3.15. The molecule has 0 N–H and O–H groups in total. The number of hydrogen-bond acceptors (Lipinski definition) is 7. The van der Waals surface area contributed by atoms with E-state index in [9.17, 15) is 4.79 Å². The van der Waals surface area contributed by atoms with Gasteiger partial charge < -0.3 is 0 Å². The zero-order valence-corrected chi connectivity index (χ0v) is 13.9. The van der Waals surface area contributed by atoms with E-state index in [0.717, 1.165) is 9.88 Å². The molecule has 3 rings (SSSR count). The summed E-state index contributed by atoms with van der Waals surface area (Å²) in [6.07, 6.45) is 1.91. The second-order valence-electron chi connectivity index (χ2n) is 4.17. The van der Waals surface area contributed by atoms with Crippen LogP contribution in [0.4, 0.5) is 5.13 Å². The molecule has 0 saturated carbocycles. The minimum atomic E-state index is -0.00381. The second-order valence-corrected chi connectivity index (χ2v) is 7.32. The van der Waals surface area contributed by atoms with E-state index in [0.29, 0.717) is 21.7 Å². The summed E-state index contributed by atoms with van der Waals surface area (Å²) >= 11 is 4.41. The van der Waals surface area contributed by atoms with Crippen LogP contribution < -0.4 is 0 Å². The lowest BCUT2D eigenvalue weighted by atomic mass is 10.4. The van der Waals surface area contributed by atoms with Gasteiger partial charge in [0.25, 0.3) is 5.91 Å². The highest BCUT2D eigenvalue weighted by atomic mass is 32.2. The molecule has 0 aliphatic carbocycles. The normalized spacial score (nSPS) is 19.1. The third-order valence-electron chi connectivity index (χ3n) is 2.73. The first-order valence-electron chi connectivity index (χ1n) is 6.31. The summed E-state index contributed by atoms with van der Waals surface area (Å²) in [7, 11) is 0. The van der Waals surface area contributed by atoms with Crippen molar-refractivity contribution in [1.29, 1.82) is 0 Å². The van der Waals surface area contributed by atoms with Crippen LogP contribution in [0.3, 0.4) is 0 Å². The smallest absolute Gasteiger partial charge is 0.266 e. The van der Waals surface area contributed by atoms with Crippen LogP contribution in [-0.4, -0.2) is 32.7 Å². The molecule has 0 radical (unpaired) electrons. The maximum absolute atomic E-state index is 12.4. The number of amidine groups is 1. The second kappa shape index (κ2) is 6.08. The van der Waals surface area contributed by atoms with Crippen molar-refractivity contribution in [3.63, 3.8) is 0 Å². The summed E-state index contributed by atoms with van der Waals surface area (Å²) in [5, 5.41) is 12.0. The van der Waals surface area contributed by atoms with Crippen molar-refractivity contribution in [1.82, 2.24) is 15.1 Å². The number of aryl methyl sites for hydroxylation is 1. The molecular formula is C13H12N4OS3. The fraction of sp³-hybridized carbons (Fsp3) is 0.231. The summed E-state index contributed by atoms with van der Waals surface area (Å²) in [4.78, 5) is 20.3. The van der Waals surface area contributed by atoms with Crippen molar-refractivity contribution >= 4 is 56.7 Å². The molecule has 0 unspecified atom stereocenters. The maximum atomic E-state index is 12.4. The first-order valence-corrected chi connectivity index (χ1v) is 8.82. The van der Waals surface area contributed by atoms with Gasteiger partial charge in [0.2, 0.25) is 5.13 Å². The van der Waals surface area contributed by atoms with Gasteiger partial charge in [-0.15, -0.1) is 21.5 Å². The Hall–Kier alpha value is -1.51. The van der Waals surface area contributed by atoms with Gasteiger partial charge in [-0.3, -0.25) is 9.69 Å². The Kier molecular flexibility index (Phi) is 4.18. The summed E-state index contributed by atoms with van der Waals surface area (Å²) in [6, 6.07) is 3.96. The van der Waals surface area contributed by atoms with Crippen LogP contribution >= 0.6 is 34.4 Å². The van der Waals surface area contributed by atoms with Gasteiger partial charge in [0.05, 0.1) is 4.91 Å². The first kappa shape index (κ1) is 14.4. The summed E-state index contributed by atoms with van der Waals surface area (Å²) in [5.41, 5.74) is 0. The van der Waals surface area contributed by atoms with Crippen LogP contribution in [0, 0.1) is 6.92 Å². The van der Waals surface area contributed by atoms with Gasteiger partial charge >= 0.3 is 0 Å². The van der Waals surface area contributed by atoms with E-state index < -0.39 is 0 Å². The molecule has 5 nitrogen and oxygen atoms in total. The molecule has 1 amide bonds. The number of likely N-dealkylation sites (N-methyl/N-ethyl adjacent to an activating group) is 1. The molecule has 8 heteroatoms. The van der Waals surface area contributed by atoms with Gasteiger partial charge in [-0.2, -0.15) is 4.99 Å². The van der Waals surface area contributed by atoms with Crippen molar-refractivity contribution < 1.29 is 4.79 Å². The number of carbonyl (C=O) groups excluding carboxylic acids is 1. The monoisotopic (exact) mass is 336 g/mol. The molecule has 2 aromatic heterocycles. The zero-order valence-electron chi connectivity index (χ0n) is 11.4. The van der Waals surface area contributed by atoms with E-state index in [1.165, 1.54) is 23.1 Å². The molecule has 1 aliphatic heterocycles. The molecule has 0 aromatic carbocycles. The largest absolute Gasteiger partial charge is 0.287 e. The fourth-order valence-corrected chi connectivity index (χ4v) is 4.17. The SMILES string of the molecule is CCN1C(=O)/C(=C\c2cccs2)S/C1=N/c1nnc(C)s1. The summed E-state index contributed by atoms with van der Waals surface area (Å²) in [6.45, 7) is 4.41. The van der Waals surface area contributed by atoms with E-state index in [1.807, 2.05) is 37.4 Å². The molecule has 0 spiro atoms. The molecule has 21 heavy (non-hydrogen) atoms. The lowest BCUT2D eigenvalue weighted by molar-refractivity contribution is -0.122. The number of rotatable bonds is 3. The van der Waals surface area contributed by atoms with E-state index >= 15 is 0 Å². The lowest BCUT2D eigenvalue weighted by Gasteiger charge is -2.10. The van der Waals surface area contributed by atoms with Crippen LogP contribution in [0.5, 0.6) is 0 Å². The first-order chi connectivity index (χ1) is 10.2. The van der Waals surface area contributed by atoms with Gasteiger partial charge in [-0.1, -0.05) is 17.4 Å². The minimum Gasteiger partial charge on any atom is -0.287 e. The Morgan fingerprint density at radius 1 is 1.43 bits per heavy atom. The van der Waals surface area contributed by atoms with Crippen LogP contribution in [0.1, 0.15) is 16.8 Å². The van der Waals surface area contributed by atoms with Gasteiger partial charge in [0.15, 0.2) is 5.17 Å². The van der Waals surface area contributed by atoms with E-state index in [-0.39, 0.29) is 5.91 Å². The Labute approximate surface area is 134 Å². The topological polar surface area (TPSA) is 58.5 Å². The van der Waals surface area contributed by atoms with E-state index in [2.05, 4.69) is 15.2 Å². The highest BCUT2D eigenvalue weighted by molar-refractivity contribution is 8.18.